The van der Waals surface area contributed by atoms with Gasteiger partial charge in [0.25, 0.3) is 0 Å². The van der Waals surface area contributed by atoms with Crippen LogP contribution in [0.5, 0.6) is 0 Å². The van der Waals surface area contributed by atoms with Crippen molar-refractivity contribution < 1.29 is 5.11 Å². The molecule has 1 heterocycles. The minimum Gasteiger partial charge on any atom is -0.392 e. The molecule has 2 aromatic rings. The van der Waals surface area contributed by atoms with Crippen LogP contribution in [0.15, 0.2) is 36.7 Å². The number of benzene rings is 1. The van der Waals surface area contributed by atoms with E-state index in [2.05, 4.69) is 16.9 Å². The largest absolute Gasteiger partial charge is 0.392 e. The second-order valence-electron chi connectivity index (χ2n) is 3.98. The molecule has 1 N–H and O–H groups in total. The highest BCUT2D eigenvalue weighted by atomic mass is 16.3. The third-order valence-electron chi connectivity index (χ3n) is 2.67. The number of aryl methyl sites for hydroxylation is 1. The Morgan fingerprint density at radius 3 is 2.47 bits per heavy atom. The number of hydrogen-bond donors (Lipinski definition) is 1. The molecular weight excluding hydrogens is 212 g/mol. The van der Waals surface area contributed by atoms with Crippen LogP contribution in [0.25, 0.3) is 11.4 Å². The van der Waals surface area contributed by atoms with Crippen LogP contribution < -0.4 is 0 Å². The molecule has 1 aromatic heterocycles. The zero-order valence-corrected chi connectivity index (χ0v) is 9.93. The quantitative estimate of drug-likeness (QED) is 0.874. The molecule has 0 bridgehead atoms. The van der Waals surface area contributed by atoms with E-state index in [9.17, 15) is 5.11 Å². The van der Waals surface area contributed by atoms with Gasteiger partial charge < -0.3 is 5.11 Å². The maximum Gasteiger partial charge on any atom is 0.159 e. The zero-order valence-electron chi connectivity index (χ0n) is 9.93. The highest BCUT2D eigenvalue weighted by Crippen LogP contribution is 2.19. The van der Waals surface area contributed by atoms with Crippen molar-refractivity contribution in [1.82, 2.24) is 9.97 Å². The van der Waals surface area contributed by atoms with Gasteiger partial charge in [0, 0.05) is 18.0 Å². The topological polar surface area (TPSA) is 46.0 Å². The van der Waals surface area contributed by atoms with Crippen molar-refractivity contribution in [3.8, 4) is 11.4 Å². The first kappa shape index (κ1) is 11.7. The predicted octanol–water partition coefficient (Wildman–Crippen LogP) is 2.59. The first-order valence-corrected chi connectivity index (χ1v) is 5.85. The lowest BCUT2D eigenvalue weighted by Gasteiger charge is -2.06. The van der Waals surface area contributed by atoms with Gasteiger partial charge in [0.2, 0.25) is 0 Å². The maximum absolute atomic E-state index is 9.26. The SMILES string of the molecule is CCCc1cnc(-c2ccccc2CO)nc1. The lowest BCUT2D eigenvalue weighted by atomic mass is 10.1. The molecule has 3 heteroatoms. The van der Waals surface area contributed by atoms with E-state index in [1.54, 1.807) is 0 Å². The van der Waals surface area contributed by atoms with Crippen molar-refractivity contribution in [2.45, 2.75) is 26.4 Å². The van der Waals surface area contributed by atoms with Crippen LogP contribution in [-0.4, -0.2) is 15.1 Å². The Morgan fingerprint density at radius 2 is 1.82 bits per heavy atom. The molecular formula is C14H16N2O. The third-order valence-corrected chi connectivity index (χ3v) is 2.67. The van der Waals surface area contributed by atoms with Gasteiger partial charge in [-0.1, -0.05) is 37.6 Å². The maximum atomic E-state index is 9.26. The van der Waals surface area contributed by atoms with Gasteiger partial charge in [-0.3, -0.25) is 0 Å². The monoisotopic (exact) mass is 228 g/mol. The number of hydrogen-bond acceptors (Lipinski definition) is 3. The summed E-state index contributed by atoms with van der Waals surface area (Å²) in [7, 11) is 0. The summed E-state index contributed by atoms with van der Waals surface area (Å²) >= 11 is 0. The molecule has 0 aliphatic heterocycles. The lowest BCUT2D eigenvalue weighted by Crippen LogP contribution is -1.95. The molecule has 0 saturated heterocycles. The van der Waals surface area contributed by atoms with Gasteiger partial charge in [-0.15, -0.1) is 0 Å². The molecule has 0 spiro atoms. The van der Waals surface area contributed by atoms with E-state index >= 15 is 0 Å². The second-order valence-corrected chi connectivity index (χ2v) is 3.98. The van der Waals surface area contributed by atoms with Gasteiger partial charge >= 0.3 is 0 Å². The van der Waals surface area contributed by atoms with E-state index in [1.807, 2.05) is 36.7 Å². The van der Waals surface area contributed by atoms with Crippen molar-refractivity contribution in [1.29, 1.82) is 0 Å². The predicted molar refractivity (Wildman–Crippen MR) is 67.4 cm³/mol. The van der Waals surface area contributed by atoms with Crippen molar-refractivity contribution in [3.63, 3.8) is 0 Å². The summed E-state index contributed by atoms with van der Waals surface area (Å²) in [5.41, 5.74) is 2.91. The summed E-state index contributed by atoms with van der Waals surface area (Å²) < 4.78 is 0. The third kappa shape index (κ3) is 2.68. The fraction of sp³-hybridized carbons (Fsp3) is 0.286. The van der Waals surface area contributed by atoms with Gasteiger partial charge in [0.05, 0.1) is 6.61 Å². The first-order valence-electron chi connectivity index (χ1n) is 5.85. The fourth-order valence-electron chi connectivity index (χ4n) is 1.79. The summed E-state index contributed by atoms with van der Waals surface area (Å²) in [6, 6.07) is 7.65. The summed E-state index contributed by atoms with van der Waals surface area (Å²) in [6.45, 7) is 2.14. The van der Waals surface area contributed by atoms with Crippen molar-refractivity contribution in [2.75, 3.05) is 0 Å². The van der Waals surface area contributed by atoms with Crippen LogP contribution in [-0.2, 0) is 13.0 Å². The van der Waals surface area contributed by atoms with Crippen molar-refractivity contribution in [2.24, 2.45) is 0 Å². The molecule has 17 heavy (non-hydrogen) atoms. The van der Waals surface area contributed by atoms with Crippen molar-refractivity contribution >= 4 is 0 Å². The highest BCUT2D eigenvalue weighted by molar-refractivity contribution is 5.59. The number of aromatic nitrogens is 2. The summed E-state index contributed by atoms with van der Waals surface area (Å²) in [4.78, 5) is 8.71. The molecule has 0 saturated carbocycles. The Labute approximate surface area is 101 Å². The van der Waals surface area contributed by atoms with Crippen LogP contribution in [0.4, 0.5) is 0 Å². The fourth-order valence-corrected chi connectivity index (χ4v) is 1.79. The minimum absolute atomic E-state index is 0.0102. The minimum atomic E-state index is 0.0102. The summed E-state index contributed by atoms with van der Waals surface area (Å²) in [6.07, 6.45) is 5.82. The Bertz CT molecular complexity index is 480. The van der Waals surface area contributed by atoms with E-state index < -0.39 is 0 Å². The summed E-state index contributed by atoms with van der Waals surface area (Å²) in [5, 5.41) is 9.26. The molecule has 0 atom stereocenters. The number of aliphatic hydroxyl groups excluding tert-OH is 1. The lowest BCUT2D eigenvalue weighted by molar-refractivity contribution is 0.282. The van der Waals surface area contributed by atoms with Crippen LogP contribution in [0.2, 0.25) is 0 Å². The average molecular weight is 228 g/mol. The number of aliphatic hydroxyl groups is 1. The molecule has 0 fully saturated rings. The average Bonchev–Trinajstić information content (AvgIpc) is 2.40. The van der Waals surface area contributed by atoms with E-state index in [1.165, 1.54) is 0 Å². The van der Waals surface area contributed by atoms with Gasteiger partial charge in [-0.05, 0) is 17.5 Å². The Kier molecular flexibility index (Phi) is 3.83. The molecule has 0 radical (unpaired) electrons. The molecule has 0 unspecified atom stereocenters. The van der Waals surface area contributed by atoms with E-state index in [0.29, 0.717) is 5.82 Å². The summed E-state index contributed by atoms with van der Waals surface area (Å²) in [5.74, 6) is 0.675. The van der Waals surface area contributed by atoms with E-state index in [0.717, 1.165) is 29.5 Å². The van der Waals surface area contributed by atoms with Crippen LogP contribution in [0.3, 0.4) is 0 Å². The first-order chi connectivity index (χ1) is 8.35. The molecule has 0 aliphatic rings. The molecule has 1 aromatic carbocycles. The molecule has 2 rings (SSSR count). The zero-order chi connectivity index (χ0) is 12.1. The smallest absolute Gasteiger partial charge is 0.159 e. The van der Waals surface area contributed by atoms with Crippen LogP contribution in [0.1, 0.15) is 24.5 Å². The standard InChI is InChI=1S/C14H16N2O/c1-2-5-11-8-15-14(16-9-11)13-7-4-3-6-12(13)10-17/h3-4,6-9,17H,2,5,10H2,1H3. The number of rotatable bonds is 4. The highest BCUT2D eigenvalue weighted by Gasteiger charge is 2.06. The Hall–Kier alpha value is -1.74. The van der Waals surface area contributed by atoms with Crippen LogP contribution in [0, 0.1) is 0 Å². The van der Waals surface area contributed by atoms with Gasteiger partial charge in [0.1, 0.15) is 0 Å². The molecule has 3 nitrogen and oxygen atoms in total. The molecule has 0 amide bonds. The normalized spacial score (nSPS) is 10.5. The van der Waals surface area contributed by atoms with Gasteiger partial charge in [-0.25, -0.2) is 9.97 Å². The van der Waals surface area contributed by atoms with E-state index in [4.69, 9.17) is 0 Å². The number of nitrogens with zero attached hydrogens (tertiary/aromatic N) is 2. The Morgan fingerprint density at radius 1 is 1.12 bits per heavy atom. The Balaban J connectivity index is 2.33. The van der Waals surface area contributed by atoms with Crippen molar-refractivity contribution in [3.05, 3.63) is 47.8 Å². The molecule has 88 valence electrons. The second kappa shape index (κ2) is 5.55. The van der Waals surface area contributed by atoms with Gasteiger partial charge in [-0.2, -0.15) is 0 Å². The molecule has 0 aliphatic carbocycles. The van der Waals surface area contributed by atoms with Crippen LogP contribution >= 0.6 is 0 Å². The van der Waals surface area contributed by atoms with Gasteiger partial charge in [0.15, 0.2) is 5.82 Å². The van der Waals surface area contributed by atoms with E-state index in [-0.39, 0.29) is 6.61 Å².